The monoisotopic (exact) mass is 365 g/mol. The van der Waals surface area contributed by atoms with Crippen LogP contribution >= 0.6 is 0 Å². The lowest BCUT2D eigenvalue weighted by Gasteiger charge is -2.41. The van der Waals surface area contributed by atoms with Crippen LogP contribution in [0.4, 0.5) is 5.95 Å². The molecule has 0 saturated carbocycles. The van der Waals surface area contributed by atoms with Crippen LogP contribution in [0.25, 0.3) is 0 Å². The van der Waals surface area contributed by atoms with Crippen molar-refractivity contribution in [1.82, 2.24) is 19.8 Å². The van der Waals surface area contributed by atoms with Crippen LogP contribution in [-0.4, -0.2) is 58.5 Å². The van der Waals surface area contributed by atoms with Gasteiger partial charge in [-0.3, -0.25) is 9.80 Å². The van der Waals surface area contributed by atoms with Crippen molar-refractivity contribution in [3.63, 3.8) is 0 Å². The summed E-state index contributed by atoms with van der Waals surface area (Å²) >= 11 is 0. The third kappa shape index (κ3) is 4.66. The Morgan fingerprint density at radius 1 is 1.04 bits per heavy atom. The standard InChI is InChI=1S/C22H31N5/c1-2-9-23-22-24-15-18(16-25-22)17-26-10-12-27(13-11-26)21-8-7-19-5-3-4-6-20(19)14-21/h3-6,15-16,21H,2,7-14,17H2,1H3,(H,23,24,25)/t21-/m1/s1. The molecule has 144 valence electrons. The SMILES string of the molecule is CCCNc1ncc(CN2CCN([C@@H]3CCc4ccccc4C3)CC2)cn1. The zero-order valence-electron chi connectivity index (χ0n) is 16.4. The fourth-order valence-corrected chi connectivity index (χ4v) is 4.30. The van der Waals surface area contributed by atoms with E-state index in [0.717, 1.165) is 38.5 Å². The van der Waals surface area contributed by atoms with Crippen LogP contribution in [0, 0.1) is 0 Å². The Bertz CT molecular complexity index is 722. The van der Waals surface area contributed by atoms with E-state index in [1.54, 1.807) is 11.1 Å². The molecule has 0 unspecified atom stereocenters. The molecule has 2 aliphatic rings. The zero-order valence-corrected chi connectivity index (χ0v) is 16.4. The van der Waals surface area contributed by atoms with Gasteiger partial charge in [0, 0.05) is 63.3 Å². The van der Waals surface area contributed by atoms with Crippen LogP contribution in [0.15, 0.2) is 36.7 Å². The predicted octanol–water partition coefficient (Wildman–Crippen LogP) is 2.97. The summed E-state index contributed by atoms with van der Waals surface area (Å²) in [5.74, 6) is 0.739. The molecule has 27 heavy (non-hydrogen) atoms. The first-order valence-electron chi connectivity index (χ1n) is 10.4. The minimum absolute atomic E-state index is 0.717. The summed E-state index contributed by atoms with van der Waals surface area (Å²) in [6.07, 6.45) is 8.77. The van der Waals surface area contributed by atoms with Crippen LogP contribution in [-0.2, 0) is 19.4 Å². The number of nitrogens with zero attached hydrogens (tertiary/aromatic N) is 4. The van der Waals surface area contributed by atoms with Crippen molar-refractivity contribution in [3.8, 4) is 0 Å². The summed E-state index contributed by atoms with van der Waals surface area (Å²) in [5.41, 5.74) is 4.33. The Hall–Kier alpha value is -1.98. The van der Waals surface area contributed by atoms with E-state index in [-0.39, 0.29) is 0 Å². The van der Waals surface area contributed by atoms with E-state index in [2.05, 4.69) is 56.3 Å². The number of benzene rings is 1. The number of fused-ring (bicyclic) bond motifs is 1. The third-order valence-electron chi connectivity index (χ3n) is 5.89. The number of anilines is 1. The molecule has 0 radical (unpaired) electrons. The number of nitrogens with one attached hydrogen (secondary N) is 1. The van der Waals surface area contributed by atoms with Crippen molar-refractivity contribution in [2.45, 2.75) is 45.2 Å². The number of aryl methyl sites for hydroxylation is 1. The second-order valence-electron chi connectivity index (χ2n) is 7.82. The first-order valence-corrected chi connectivity index (χ1v) is 10.4. The average molecular weight is 366 g/mol. The van der Waals surface area contributed by atoms with Gasteiger partial charge in [-0.05, 0) is 36.8 Å². The fourth-order valence-electron chi connectivity index (χ4n) is 4.30. The summed E-state index contributed by atoms with van der Waals surface area (Å²) < 4.78 is 0. The van der Waals surface area contributed by atoms with Gasteiger partial charge >= 0.3 is 0 Å². The van der Waals surface area contributed by atoms with Gasteiger partial charge in [-0.2, -0.15) is 0 Å². The van der Waals surface area contributed by atoms with E-state index in [1.807, 2.05) is 12.4 Å². The zero-order chi connectivity index (χ0) is 18.5. The minimum atomic E-state index is 0.717. The summed E-state index contributed by atoms with van der Waals surface area (Å²) in [7, 11) is 0. The Morgan fingerprint density at radius 2 is 1.78 bits per heavy atom. The maximum absolute atomic E-state index is 4.43. The Balaban J connectivity index is 1.26. The molecule has 1 aliphatic heterocycles. The molecule has 0 spiro atoms. The highest BCUT2D eigenvalue weighted by Crippen LogP contribution is 2.25. The van der Waals surface area contributed by atoms with Crippen molar-refractivity contribution in [2.75, 3.05) is 38.0 Å². The molecule has 1 N–H and O–H groups in total. The van der Waals surface area contributed by atoms with Gasteiger partial charge in [0.25, 0.3) is 0 Å². The number of hydrogen-bond donors (Lipinski definition) is 1. The predicted molar refractivity (Wildman–Crippen MR) is 110 cm³/mol. The van der Waals surface area contributed by atoms with E-state index in [0.29, 0.717) is 6.04 Å². The van der Waals surface area contributed by atoms with Gasteiger partial charge in [0.05, 0.1) is 0 Å². The van der Waals surface area contributed by atoms with Crippen molar-refractivity contribution >= 4 is 5.95 Å². The molecule has 4 rings (SSSR count). The summed E-state index contributed by atoms with van der Waals surface area (Å²) in [4.78, 5) is 14.1. The lowest BCUT2D eigenvalue weighted by molar-refractivity contribution is 0.0855. The fraction of sp³-hybridized carbons (Fsp3) is 0.545. The van der Waals surface area contributed by atoms with Gasteiger partial charge < -0.3 is 5.32 Å². The summed E-state index contributed by atoms with van der Waals surface area (Å²) in [6, 6.07) is 9.69. The molecule has 1 aliphatic carbocycles. The van der Waals surface area contributed by atoms with Crippen molar-refractivity contribution < 1.29 is 0 Å². The maximum atomic E-state index is 4.43. The molecule has 1 aromatic carbocycles. The van der Waals surface area contributed by atoms with Gasteiger partial charge in [0.15, 0.2) is 0 Å². The van der Waals surface area contributed by atoms with Crippen LogP contribution in [0.5, 0.6) is 0 Å². The molecule has 5 heteroatoms. The molecular formula is C22H31N5. The highest BCUT2D eigenvalue weighted by Gasteiger charge is 2.27. The molecule has 5 nitrogen and oxygen atoms in total. The third-order valence-corrected chi connectivity index (χ3v) is 5.89. The van der Waals surface area contributed by atoms with Crippen molar-refractivity contribution in [1.29, 1.82) is 0 Å². The first kappa shape index (κ1) is 18.4. The van der Waals surface area contributed by atoms with Crippen LogP contribution in [0.3, 0.4) is 0 Å². The average Bonchev–Trinajstić information content (AvgIpc) is 2.73. The quantitative estimate of drug-likeness (QED) is 0.853. The Kier molecular flexibility index (Phi) is 6.00. The van der Waals surface area contributed by atoms with E-state index < -0.39 is 0 Å². The Labute approximate surface area is 162 Å². The van der Waals surface area contributed by atoms with Crippen molar-refractivity contribution in [2.24, 2.45) is 0 Å². The second kappa shape index (κ2) is 8.81. The molecular weight excluding hydrogens is 334 g/mol. The topological polar surface area (TPSA) is 44.3 Å². The number of rotatable bonds is 6. The smallest absolute Gasteiger partial charge is 0.222 e. The first-order chi connectivity index (χ1) is 13.3. The molecule has 2 aromatic rings. The van der Waals surface area contributed by atoms with Gasteiger partial charge in [0.2, 0.25) is 5.95 Å². The largest absolute Gasteiger partial charge is 0.354 e. The molecule has 1 fully saturated rings. The van der Waals surface area contributed by atoms with Crippen LogP contribution < -0.4 is 5.32 Å². The van der Waals surface area contributed by atoms with E-state index in [9.17, 15) is 0 Å². The second-order valence-corrected chi connectivity index (χ2v) is 7.82. The van der Waals surface area contributed by atoms with Gasteiger partial charge in [-0.1, -0.05) is 31.2 Å². The molecule has 1 atom stereocenters. The lowest BCUT2D eigenvalue weighted by atomic mass is 9.87. The van der Waals surface area contributed by atoms with Gasteiger partial charge in [0.1, 0.15) is 0 Å². The normalized spacial score (nSPS) is 21.0. The molecule has 2 heterocycles. The Morgan fingerprint density at radius 3 is 2.52 bits per heavy atom. The van der Waals surface area contributed by atoms with Crippen molar-refractivity contribution in [3.05, 3.63) is 53.3 Å². The summed E-state index contributed by atoms with van der Waals surface area (Å²) in [5, 5.41) is 3.23. The molecule has 1 saturated heterocycles. The number of hydrogen-bond acceptors (Lipinski definition) is 5. The van der Waals surface area contributed by atoms with Crippen LogP contribution in [0.2, 0.25) is 0 Å². The van der Waals surface area contributed by atoms with E-state index >= 15 is 0 Å². The highest BCUT2D eigenvalue weighted by atomic mass is 15.3. The van der Waals surface area contributed by atoms with E-state index in [4.69, 9.17) is 0 Å². The summed E-state index contributed by atoms with van der Waals surface area (Å²) in [6.45, 7) is 8.63. The maximum Gasteiger partial charge on any atom is 0.222 e. The van der Waals surface area contributed by atoms with E-state index in [1.165, 1.54) is 37.9 Å². The number of aromatic nitrogens is 2. The lowest BCUT2D eigenvalue weighted by Crippen LogP contribution is -2.51. The molecule has 1 aromatic heterocycles. The number of piperazine rings is 1. The molecule has 0 amide bonds. The molecule has 0 bridgehead atoms. The van der Waals surface area contributed by atoms with Gasteiger partial charge in [-0.15, -0.1) is 0 Å². The minimum Gasteiger partial charge on any atom is -0.354 e. The highest BCUT2D eigenvalue weighted by molar-refractivity contribution is 5.30. The van der Waals surface area contributed by atoms with Crippen LogP contribution in [0.1, 0.15) is 36.5 Å². The van der Waals surface area contributed by atoms with Gasteiger partial charge in [-0.25, -0.2) is 9.97 Å².